The lowest BCUT2D eigenvalue weighted by atomic mass is 10.1. The first-order chi connectivity index (χ1) is 10.9. The lowest BCUT2D eigenvalue weighted by molar-refractivity contribution is -0.138. The number of anilines is 1. The smallest absolute Gasteiger partial charge is 0.317 e. The van der Waals surface area contributed by atoms with Gasteiger partial charge in [0.05, 0.1) is 24.8 Å². The van der Waals surface area contributed by atoms with Crippen LogP contribution in [0.1, 0.15) is 16.8 Å². The second-order valence-electron chi connectivity index (χ2n) is 5.92. The number of carboxylic acid groups (broad SMARTS) is 1. The van der Waals surface area contributed by atoms with Crippen molar-refractivity contribution >= 4 is 11.8 Å². The molecule has 0 aromatic carbocycles. The average molecular weight is 318 g/mol. The van der Waals surface area contributed by atoms with Crippen molar-refractivity contribution in [2.24, 2.45) is 0 Å². The minimum absolute atomic E-state index is 0.0227. The first-order valence-corrected chi connectivity index (χ1v) is 7.56. The van der Waals surface area contributed by atoms with E-state index in [2.05, 4.69) is 16.0 Å². The third-order valence-corrected chi connectivity index (χ3v) is 3.80. The van der Waals surface area contributed by atoms with E-state index in [-0.39, 0.29) is 12.6 Å². The highest BCUT2D eigenvalue weighted by Crippen LogP contribution is 2.23. The Kier molecular flexibility index (Phi) is 5.53. The number of carboxylic acids is 1. The number of rotatable bonds is 5. The van der Waals surface area contributed by atoms with E-state index < -0.39 is 5.97 Å². The van der Waals surface area contributed by atoms with E-state index in [1.165, 1.54) is 0 Å². The Morgan fingerprint density at radius 3 is 3.00 bits per heavy atom. The maximum Gasteiger partial charge on any atom is 0.317 e. The van der Waals surface area contributed by atoms with Crippen LogP contribution in [0.15, 0.2) is 6.07 Å². The summed E-state index contributed by atoms with van der Waals surface area (Å²) < 4.78 is 5.73. The topological polar surface area (TPSA) is 89.7 Å². The Hall–Kier alpha value is -2.17. The Labute approximate surface area is 136 Å². The van der Waals surface area contributed by atoms with E-state index in [1.807, 2.05) is 19.9 Å². The van der Waals surface area contributed by atoms with Crippen LogP contribution < -0.4 is 4.90 Å². The highest BCUT2D eigenvalue weighted by atomic mass is 16.5. The second kappa shape index (κ2) is 7.40. The molecule has 7 heteroatoms. The summed E-state index contributed by atoms with van der Waals surface area (Å²) in [5.74, 6) is -0.165. The molecule has 2 rings (SSSR count). The minimum atomic E-state index is -0.858. The summed E-state index contributed by atoms with van der Waals surface area (Å²) >= 11 is 0. The molecule has 7 nitrogen and oxygen atoms in total. The van der Waals surface area contributed by atoms with Gasteiger partial charge in [0.15, 0.2) is 0 Å². The van der Waals surface area contributed by atoms with Gasteiger partial charge in [-0.15, -0.1) is 0 Å². The number of hydrogen-bond acceptors (Lipinski definition) is 6. The van der Waals surface area contributed by atoms with Gasteiger partial charge in [-0.05, 0) is 32.5 Å². The summed E-state index contributed by atoms with van der Waals surface area (Å²) in [5.41, 5.74) is 2.39. The molecule has 0 saturated carbocycles. The maximum atomic E-state index is 10.8. The molecule has 124 valence electrons. The van der Waals surface area contributed by atoms with E-state index in [4.69, 9.17) is 9.84 Å². The predicted molar refractivity (Wildman–Crippen MR) is 85.5 cm³/mol. The van der Waals surface area contributed by atoms with Gasteiger partial charge in [0, 0.05) is 25.3 Å². The number of morpholine rings is 1. The molecule has 1 N–H and O–H groups in total. The van der Waals surface area contributed by atoms with Crippen LogP contribution in [0.4, 0.5) is 5.82 Å². The van der Waals surface area contributed by atoms with Gasteiger partial charge in [0.25, 0.3) is 0 Å². The third-order valence-electron chi connectivity index (χ3n) is 3.80. The fraction of sp³-hybridized carbons (Fsp3) is 0.562. The van der Waals surface area contributed by atoms with Crippen LogP contribution in [0.5, 0.6) is 0 Å². The summed E-state index contributed by atoms with van der Waals surface area (Å²) in [6.07, 6.45) is -0.109. The van der Waals surface area contributed by atoms with Crippen molar-refractivity contribution < 1.29 is 14.6 Å². The molecule has 1 saturated heterocycles. The molecule has 0 spiro atoms. The Morgan fingerprint density at radius 2 is 2.35 bits per heavy atom. The molecule has 0 radical (unpaired) electrons. The van der Waals surface area contributed by atoms with Crippen molar-refractivity contribution in [3.8, 4) is 6.07 Å². The van der Waals surface area contributed by atoms with Crippen LogP contribution in [-0.2, 0) is 9.53 Å². The standard InChI is InChI=1S/C16H22N4O3/c1-11-6-12(2)18-16(14(11)7-17)20-4-5-23-13(9-20)8-19(3)10-15(21)22/h6,13H,4-5,8-10H2,1-3H3,(H,21,22). The highest BCUT2D eigenvalue weighted by molar-refractivity contribution is 5.69. The van der Waals surface area contributed by atoms with E-state index in [0.717, 1.165) is 11.3 Å². The van der Waals surface area contributed by atoms with Crippen LogP contribution in [0.25, 0.3) is 0 Å². The molecule has 1 unspecified atom stereocenters. The lowest BCUT2D eigenvalue weighted by Crippen LogP contribution is -2.48. The number of aromatic nitrogens is 1. The van der Waals surface area contributed by atoms with Gasteiger partial charge in [0.2, 0.25) is 0 Å². The normalized spacial score (nSPS) is 18.0. The maximum absolute atomic E-state index is 10.8. The summed E-state index contributed by atoms with van der Waals surface area (Å²) in [5, 5.41) is 18.2. The summed E-state index contributed by atoms with van der Waals surface area (Å²) in [7, 11) is 1.76. The first kappa shape index (κ1) is 17.2. The zero-order valence-corrected chi connectivity index (χ0v) is 13.7. The lowest BCUT2D eigenvalue weighted by Gasteiger charge is -2.35. The number of carbonyl (C=O) groups is 1. The number of aryl methyl sites for hydroxylation is 2. The molecule has 1 aromatic rings. The molecule has 2 heterocycles. The first-order valence-electron chi connectivity index (χ1n) is 7.56. The molecule has 23 heavy (non-hydrogen) atoms. The molecule has 1 fully saturated rings. The minimum Gasteiger partial charge on any atom is -0.480 e. The Bertz CT molecular complexity index is 626. The van der Waals surface area contributed by atoms with Crippen LogP contribution in [-0.4, -0.2) is 66.9 Å². The second-order valence-corrected chi connectivity index (χ2v) is 5.92. The van der Waals surface area contributed by atoms with Crippen LogP contribution in [0.3, 0.4) is 0 Å². The van der Waals surface area contributed by atoms with Gasteiger partial charge < -0.3 is 14.7 Å². The van der Waals surface area contributed by atoms with Crippen molar-refractivity contribution in [2.75, 3.05) is 44.7 Å². The SMILES string of the molecule is Cc1cc(C)c(C#N)c(N2CCOC(CN(C)CC(=O)O)C2)n1. The highest BCUT2D eigenvalue weighted by Gasteiger charge is 2.25. The van der Waals surface area contributed by atoms with Crippen LogP contribution in [0.2, 0.25) is 0 Å². The van der Waals surface area contributed by atoms with Crippen molar-refractivity contribution in [1.29, 1.82) is 5.26 Å². The number of hydrogen-bond donors (Lipinski definition) is 1. The Morgan fingerprint density at radius 1 is 1.61 bits per heavy atom. The number of nitriles is 1. The monoisotopic (exact) mass is 318 g/mol. The number of aliphatic carboxylic acids is 1. The molecule has 1 aromatic heterocycles. The molecule has 1 aliphatic rings. The number of ether oxygens (including phenoxy) is 1. The molecule has 0 aliphatic carbocycles. The van der Waals surface area contributed by atoms with Gasteiger partial charge in [-0.1, -0.05) is 0 Å². The van der Waals surface area contributed by atoms with Gasteiger partial charge in [-0.3, -0.25) is 9.69 Å². The largest absolute Gasteiger partial charge is 0.480 e. The van der Waals surface area contributed by atoms with Gasteiger partial charge in [-0.2, -0.15) is 5.26 Å². The zero-order valence-electron chi connectivity index (χ0n) is 13.7. The van der Waals surface area contributed by atoms with Crippen molar-refractivity contribution in [1.82, 2.24) is 9.88 Å². The predicted octanol–water partition coefficient (Wildman–Crippen LogP) is 0.792. The average Bonchev–Trinajstić information content (AvgIpc) is 2.45. The van der Waals surface area contributed by atoms with Gasteiger partial charge in [0.1, 0.15) is 11.9 Å². The molecular formula is C16H22N4O3. The van der Waals surface area contributed by atoms with E-state index in [9.17, 15) is 10.1 Å². The summed E-state index contributed by atoms with van der Waals surface area (Å²) in [6, 6.07) is 4.14. The molecule has 1 aliphatic heterocycles. The number of likely N-dealkylation sites (N-methyl/N-ethyl adjacent to an activating group) is 1. The molecule has 1 atom stereocenters. The number of nitrogens with zero attached hydrogens (tertiary/aromatic N) is 4. The quantitative estimate of drug-likeness (QED) is 0.858. The number of pyridine rings is 1. The van der Waals surface area contributed by atoms with Crippen LogP contribution in [0, 0.1) is 25.2 Å². The van der Waals surface area contributed by atoms with Crippen molar-refractivity contribution in [3.63, 3.8) is 0 Å². The summed E-state index contributed by atoms with van der Waals surface area (Å²) in [6.45, 7) is 6.12. The van der Waals surface area contributed by atoms with Crippen molar-refractivity contribution in [3.05, 3.63) is 22.9 Å². The van der Waals surface area contributed by atoms with Gasteiger partial charge in [-0.25, -0.2) is 4.98 Å². The summed E-state index contributed by atoms with van der Waals surface area (Å²) in [4.78, 5) is 19.1. The van der Waals surface area contributed by atoms with E-state index in [1.54, 1.807) is 11.9 Å². The zero-order chi connectivity index (χ0) is 17.0. The van der Waals surface area contributed by atoms with E-state index in [0.29, 0.717) is 37.6 Å². The van der Waals surface area contributed by atoms with Gasteiger partial charge >= 0.3 is 5.97 Å². The van der Waals surface area contributed by atoms with Crippen LogP contribution >= 0.6 is 0 Å². The molecular weight excluding hydrogens is 296 g/mol. The molecule has 0 amide bonds. The van der Waals surface area contributed by atoms with E-state index >= 15 is 0 Å². The molecule has 0 bridgehead atoms. The van der Waals surface area contributed by atoms with Crippen molar-refractivity contribution in [2.45, 2.75) is 20.0 Å². The Balaban J connectivity index is 2.13. The third kappa shape index (κ3) is 4.41. The fourth-order valence-electron chi connectivity index (χ4n) is 2.85. The fourth-order valence-corrected chi connectivity index (χ4v) is 2.85.